The molecule has 0 unspecified atom stereocenters. The van der Waals surface area contributed by atoms with Crippen LogP contribution in [0.2, 0.25) is 5.28 Å². The van der Waals surface area contributed by atoms with E-state index in [4.69, 9.17) is 36.2 Å². The van der Waals surface area contributed by atoms with Crippen LogP contribution in [0, 0.1) is 0 Å². The Kier molecular flexibility index (Phi) is 12.1. The number of para-hydroxylation sites is 2. The summed E-state index contributed by atoms with van der Waals surface area (Å²) in [6.07, 6.45) is 7.73. The summed E-state index contributed by atoms with van der Waals surface area (Å²) in [7, 11) is 0. The third kappa shape index (κ3) is 9.27. The quantitative estimate of drug-likeness (QED) is 0.162. The molecule has 0 spiro atoms. The molecular formula is C41H62ClN7O2. The number of halogens is 1. The van der Waals surface area contributed by atoms with E-state index in [0.717, 1.165) is 76.0 Å². The summed E-state index contributed by atoms with van der Waals surface area (Å²) in [6, 6.07) is 20.6. The van der Waals surface area contributed by atoms with Crippen LogP contribution in [0.15, 0.2) is 60.7 Å². The van der Waals surface area contributed by atoms with Crippen molar-refractivity contribution in [1.29, 1.82) is 0 Å². The summed E-state index contributed by atoms with van der Waals surface area (Å²) >= 11 is 6.86. The van der Waals surface area contributed by atoms with Crippen molar-refractivity contribution >= 4 is 23.5 Å². The van der Waals surface area contributed by atoms with Crippen LogP contribution in [0.25, 0.3) is 0 Å². The largest absolute Gasteiger partial charge is 0.405 e. The molecule has 9 nitrogen and oxygen atoms in total. The van der Waals surface area contributed by atoms with Gasteiger partial charge in [0.1, 0.15) is 11.5 Å². The Labute approximate surface area is 312 Å². The number of hydrogen-bond acceptors (Lipinski definition) is 9. The predicted octanol–water partition coefficient (Wildman–Crippen LogP) is 9.77. The Bertz CT molecular complexity index is 1400. The van der Waals surface area contributed by atoms with Gasteiger partial charge in [0.15, 0.2) is 0 Å². The molecule has 0 aliphatic carbocycles. The van der Waals surface area contributed by atoms with Crippen LogP contribution >= 0.6 is 11.6 Å². The lowest BCUT2D eigenvalue weighted by Crippen LogP contribution is -2.65. The highest BCUT2D eigenvalue weighted by molar-refractivity contribution is 6.28. The van der Waals surface area contributed by atoms with Crippen molar-refractivity contribution in [1.82, 2.24) is 25.1 Å². The topological polar surface area (TPSA) is 70.1 Å². The highest BCUT2D eigenvalue weighted by atomic mass is 35.5. The van der Waals surface area contributed by atoms with Crippen LogP contribution in [0.4, 0.5) is 11.9 Å². The van der Waals surface area contributed by atoms with Crippen LogP contribution in [-0.4, -0.2) is 72.4 Å². The van der Waals surface area contributed by atoms with Crippen molar-refractivity contribution in [2.24, 2.45) is 0 Å². The molecule has 2 aromatic carbocycles. The Balaban J connectivity index is 1.46. The first kappa shape index (κ1) is 39.1. The normalized spacial score (nSPS) is 20.5. The van der Waals surface area contributed by atoms with Crippen molar-refractivity contribution in [2.75, 3.05) is 22.9 Å². The molecule has 51 heavy (non-hydrogen) atoms. The second kappa shape index (κ2) is 15.8. The zero-order chi connectivity index (χ0) is 37.0. The molecule has 1 aromatic heterocycles. The van der Waals surface area contributed by atoms with E-state index in [0.29, 0.717) is 11.9 Å². The molecule has 3 aromatic rings. The van der Waals surface area contributed by atoms with Crippen LogP contribution < -0.4 is 19.5 Å². The van der Waals surface area contributed by atoms with E-state index in [1.807, 2.05) is 60.7 Å². The minimum absolute atomic E-state index is 0.184. The third-order valence-corrected chi connectivity index (χ3v) is 10.7. The first-order valence-electron chi connectivity index (χ1n) is 19.1. The molecule has 0 radical (unpaired) electrons. The van der Waals surface area contributed by atoms with Crippen molar-refractivity contribution in [3.8, 4) is 11.5 Å². The lowest BCUT2D eigenvalue weighted by atomic mass is 9.78. The highest BCUT2D eigenvalue weighted by Gasteiger charge is 2.51. The number of hydroxylamine groups is 4. The zero-order valence-electron chi connectivity index (χ0n) is 32.8. The number of hydrogen-bond donors (Lipinski definition) is 0. The summed E-state index contributed by atoms with van der Waals surface area (Å²) < 4.78 is 0. The molecule has 3 heterocycles. The number of aromatic nitrogens is 3. The molecule has 0 atom stereocenters. The summed E-state index contributed by atoms with van der Waals surface area (Å²) in [4.78, 5) is 33.0. The Morgan fingerprint density at radius 3 is 1.24 bits per heavy atom. The number of rotatable bonds is 14. The average Bonchev–Trinajstić information content (AvgIpc) is 3.05. The van der Waals surface area contributed by atoms with Crippen molar-refractivity contribution < 1.29 is 9.68 Å². The first-order valence-corrected chi connectivity index (χ1v) is 19.5. The lowest BCUT2D eigenvalue weighted by Gasteiger charge is -2.55. The van der Waals surface area contributed by atoms with Gasteiger partial charge >= 0.3 is 0 Å². The maximum absolute atomic E-state index is 6.86. The Morgan fingerprint density at radius 1 is 0.588 bits per heavy atom. The third-order valence-electron chi connectivity index (χ3n) is 10.5. The van der Waals surface area contributed by atoms with Crippen molar-refractivity contribution in [3.05, 3.63) is 65.9 Å². The van der Waals surface area contributed by atoms with E-state index in [9.17, 15) is 0 Å². The zero-order valence-corrected chi connectivity index (χ0v) is 33.6. The molecule has 5 rings (SSSR count). The van der Waals surface area contributed by atoms with Crippen molar-refractivity contribution in [3.63, 3.8) is 0 Å². The van der Waals surface area contributed by atoms with Gasteiger partial charge in [0.2, 0.25) is 17.2 Å². The molecule has 0 bridgehead atoms. The van der Waals surface area contributed by atoms with Gasteiger partial charge in [-0.15, -0.1) is 10.1 Å². The molecule has 10 heteroatoms. The Morgan fingerprint density at radius 2 is 0.922 bits per heavy atom. The van der Waals surface area contributed by atoms with Gasteiger partial charge in [-0.25, -0.2) is 0 Å². The summed E-state index contributed by atoms with van der Waals surface area (Å²) in [5, 5.41) is 4.63. The van der Waals surface area contributed by atoms with Gasteiger partial charge in [0.25, 0.3) is 0 Å². The standard InChI is InChI=1S/C41H62ClN7O2/c1-11-13-25-46(31-27-38(3,4)48(39(5,6)28-31)50-33-21-17-15-18-22-33)36-43-35(42)44-37(45-36)47(26-14-12-2)32-29-40(7,8)49(41(9,10)30-32)51-34-23-19-16-20-24-34/h15-24,31-32H,11-14,25-30H2,1-10H3. The molecule has 0 N–H and O–H groups in total. The monoisotopic (exact) mass is 719 g/mol. The second-order valence-corrected chi connectivity index (χ2v) is 17.4. The number of nitrogens with zero attached hydrogens (tertiary/aromatic N) is 7. The number of benzene rings is 2. The second-order valence-electron chi connectivity index (χ2n) is 17.1. The fraction of sp³-hybridized carbons (Fsp3) is 0.634. The van der Waals surface area contributed by atoms with Gasteiger partial charge in [-0.3, -0.25) is 0 Å². The van der Waals surface area contributed by atoms with E-state index >= 15 is 0 Å². The lowest BCUT2D eigenvalue weighted by molar-refractivity contribution is -0.220. The fourth-order valence-electron chi connectivity index (χ4n) is 8.66. The molecule has 0 amide bonds. The maximum atomic E-state index is 6.86. The van der Waals surface area contributed by atoms with Crippen LogP contribution in [-0.2, 0) is 0 Å². The molecule has 2 aliphatic heterocycles. The molecule has 2 fully saturated rings. The average molecular weight is 720 g/mol. The SMILES string of the molecule is CCCCN(c1nc(Cl)nc(N(CCCC)C2CC(C)(C)N(Oc3ccccc3)C(C)(C)C2)n1)C1CC(C)(C)N(Oc2ccccc2)C(C)(C)C1. The minimum atomic E-state index is -0.257. The maximum Gasteiger partial charge on any atom is 0.231 e. The van der Waals surface area contributed by atoms with Crippen LogP contribution in [0.5, 0.6) is 11.5 Å². The van der Waals surface area contributed by atoms with E-state index in [2.05, 4.69) is 89.2 Å². The van der Waals surface area contributed by atoms with E-state index in [1.165, 1.54) is 0 Å². The molecule has 280 valence electrons. The van der Waals surface area contributed by atoms with E-state index in [-0.39, 0.29) is 39.5 Å². The number of anilines is 2. The molecular weight excluding hydrogens is 658 g/mol. The molecule has 2 aliphatic rings. The minimum Gasteiger partial charge on any atom is -0.405 e. The van der Waals surface area contributed by atoms with Crippen molar-refractivity contribution in [2.45, 2.75) is 155 Å². The van der Waals surface area contributed by atoms with Gasteiger partial charge in [-0.1, -0.05) is 63.1 Å². The summed E-state index contributed by atoms with van der Waals surface area (Å²) in [5.41, 5.74) is -1.03. The van der Waals surface area contributed by atoms with Crippen LogP contribution in [0.3, 0.4) is 0 Å². The number of unbranched alkanes of at least 4 members (excludes halogenated alkanes) is 2. The molecule has 2 saturated heterocycles. The van der Waals surface area contributed by atoms with Crippen LogP contribution in [0.1, 0.15) is 121 Å². The van der Waals surface area contributed by atoms with Gasteiger partial charge in [0.05, 0.1) is 22.2 Å². The van der Waals surface area contributed by atoms with Gasteiger partial charge in [0, 0.05) is 25.2 Å². The van der Waals surface area contributed by atoms with Gasteiger partial charge in [-0.2, -0.15) is 15.0 Å². The highest BCUT2D eigenvalue weighted by Crippen LogP contribution is 2.44. The summed E-state index contributed by atoms with van der Waals surface area (Å²) in [5.74, 6) is 3.03. The van der Waals surface area contributed by atoms with Gasteiger partial charge < -0.3 is 19.5 Å². The summed E-state index contributed by atoms with van der Waals surface area (Å²) in [6.45, 7) is 24.4. The van der Waals surface area contributed by atoms with E-state index < -0.39 is 0 Å². The Hall–Kier alpha value is -3.14. The predicted molar refractivity (Wildman–Crippen MR) is 210 cm³/mol. The first-order chi connectivity index (χ1) is 24.1. The fourth-order valence-corrected chi connectivity index (χ4v) is 8.82. The smallest absolute Gasteiger partial charge is 0.231 e. The van der Waals surface area contributed by atoms with Gasteiger partial charge in [-0.05, 0) is 130 Å². The van der Waals surface area contributed by atoms with E-state index in [1.54, 1.807) is 0 Å². The number of piperidine rings is 2. The molecule has 0 saturated carbocycles.